The minimum absolute atomic E-state index is 0.116. The highest BCUT2D eigenvalue weighted by Gasteiger charge is 2.31. The number of fused-ring (bicyclic) bond motifs is 1. The molecule has 3 heterocycles. The van der Waals surface area contributed by atoms with Crippen LogP contribution in [0.15, 0.2) is 60.9 Å². The molecule has 2 aromatic carbocycles. The van der Waals surface area contributed by atoms with Crippen molar-refractivity contribution >= 4 is 28.4 Å². The SMILES string of the molecule is Cc1cccc(NC(=O)C2CNCCN2c2ncnc3ccc(-c4ccc(F)c(C)c4)nc23)c1. The summed E-state index contributed by atoms with van der Waals surface area (Å²) in [5.74, 6) is 0.239. The summed E-state index contributed by atoms with van der Waals surface area (Å²) in [6, 6.07) is 15.9. The highest BCUT2D eigenvalue weighted by atomic mass is 19.1. The van der Waals surface area contributed by atoms with E-state index in [4.69, 9.17) is 4.98 Å². The molecule has 0 aliphatic carbocycles. The lowest BCUT2D eigenvalue weighted by Crippen LogP contribution is -2.57. The Morgan fingerprint density at radius 2 is 2.00 bits per heavy atom. The maximum atomic E-state index is 13.8. The van der Waals surface area contributed by atoms with Crippen LogP contribution < -0.4 is 15.5 Å². The van der Waals surface area contributed by atoms with Gasteiger partial charge in [-0.1, -0.05) is 12.1 Å². The molecule has 34 heavy (non-hydrogen) atoms. The van der Waals surface area contributed by atoms with E-state index in [1.807, 2.05) is 48.2 Å². The Balaban J connectivity index is 1.52. The third-order valence-electron chi connectivity index (χ3n) is 6.02. The smallest absolute Gasteiger partial charge is 0.248 e. The molecule has 1 atom stereocenters. The van der Waals surface area contributed by atoms with E-state index in [2.05, 4.69) is 20.6 Å². The lowest BCUT2D eigenvalue weighted by molar-refractivity contribution is -0.117. The molecule has 0 bridgehead atoms. The first-order valence-corrected chi connectivity index (χ1v) is 11.2. The molecule has 8 heteroatoms. The van der Waals surface area contributed by atoms with E-state index < -0.39 is 6.04 Å². The van der Waals surface area contributed by atoms with Crippen molar-refractivity contribution in [3.8, 4) is 11.3 Å². The molecule has 1 unspecified atom stereocenters. The molecule has 1 aliphatic rings. The van der Waals surface area contributed by atoms with Crippen molar-refractivity contribution in [2.24, 2.45) is 0 Å². The highest BCUT2D eigenvalue weighted by molar-refractivity contribution is 5.99. The van der Waals surface area contributed by atoms with Crippen molar-refractivity contribution in [1.29, 1.82) is 0 Å². The molecule has 0 spiro atoms. The number of halogens is 1. The van der Waals surface area contributed by atoms with Crippen LogP contribution in [-0.2, 0) is 4.79 Å². The van der Waals surface area contributed by atoms with Gasteiger partial charge in [0, 0.05) is 30.9 Å². The number of aryl methyl sites for hydroxylation is 2. The average molecular weight is 457 g/mol. The number of anilines is 2. The van der Waals surface area contributed by atoms with Gasteiger partial charge in [0.2, 0.25) is 5.91 Å². The number of benzene rings is 2. The normalized spacial score (nSPS) is 16.0. The standard InChI is InChI=1S/C26H25FN6O/c1-16-4-3-5-19(12-16)31-26(34)23-14-28-10-11-33(23)25-24-22(29-15-30-25)9-8-21(32-24)18-6-7-20(27)17(2)13-18/h3-9,12-13,15,23,28H,10-11,14H2,1-2H3,(H,31,34). The van der Waals surface area contributed by atoms with Gasteiger partial charge in [-0.25, -0.2) is 19.3 Å². The zero-order chi connectivity index (χ0) is 23.7. The van der Waals surface area contributed by atoms with Gasteiger partial charge in [0.1, 0.15) is 23.7 Å². The van der Waals surface area contributed by atoms with Crippen LogP contribution in [-0.4, -0.2) is 46.5 Å². The molecule has 1 fully saturated rings. The van der Waals surface area contributed by atoms with Crippen molar-refractivity contribution in [1.82, 2.24) is 20.3 Å². The number of aromatic nitrogens is 3. The molecule has 1 amide bonds. The third-order valence-corrected chi connectivity index (χ3v) is 6.02. The number of hydrogen-bond donors (Lipinski definition) is 2. The molecular weight excluding hydrogens is 431 g/mol. The van der Waals surface area contributed by atoms with E-state index in [0.29, 0.717) is 41.2 Å². The Labute approximate surface area is 197 Å². The fraction of sp³-hybridized carbons (Fsp3) is 0.231. The Bertz CT molecular complexity index is 1370. The number of nitrogens with zero attached hydrogens (tertiary/aromatic N) is 4. The molecule has 2 N–H and O–H groups in total. The molecular formula is C26H25FN6O. The lowest BCUT2D eigenvalue weighted by Gasteiger charge is -2.36. The van der Waals surface area contributed by atoms with Gasteiger partial charge in [-0.2, -0.15) is 0 Å². The van der Waals surface area contributed by atoms with Crippen LogP contribution in [0.25, 0.3) is 22.3 Å². The van der Waals surface area contributed by atoms with Crippen LogP contribution in [0.2, 0.25) is 0 Å². The monoisotopic (exact) mass is 456 g/mol. The molecule has 172 valence electrons. The first-order valence-electron chi connectivity index (χ1n) is 11.2. The Morgan fingerprint density at radius 3 is 2.82 bits per heavy atom. The predicted molar refractivity (Wildman–Crippen MR) is 131 cm³/mol. The predicted octanol–water partition coefficient (Wildman–Crippen LogP) is 3.86. The number of rotatable bonds is 4. The van der Waals surface area contributed by atoms with E-state index in [1.165, 1.54) is 12.4 Å². The molecule has 5 rings (SSSR count). The molecule has 1 aliphatic heterocycles. The quantitative estimate of drug-likeness (QED) is 0.485. The minimum Gasteiger partial charge on any atom is -0.340 e. The number of hydrogen-bond acceptors (Lipinski definition) is 6. The van der Waals surface area contributed by atoms with Crippen LogP contribution in [0.1, 0.15) is 11.1 Å². The topological polar surface area (TPSA) is 83.0 Å². The maximum Gasteiger partial charge on any atom is 0.248 e. The van der Waals surface area contributed by atoms with Crippen LogP contribution in [0.4, 0.5) is 15.9 Å². The molecule has 0 radical (unpaired) electrons. The van der Waals surface area contributed by atoms with Gasteiger partial charge in [-0.15, -0.1) is 0 Å². The molecule has 0 saturated carbocycles. The van der Waals surface area contributed by atoms with Crippen LogP contribution in [0, 0.1) is 19.7 Å². The second kappa shape index (κ2) is 9.15. The number of nitrogens with one attached hydrogen (secondary N) is 2. The summed E-state index contributed by atoms with van der Waals surface area (Å²) < 4.78 is 13.8. The van der Waals surface area contributed by atoms with E-state index in [0.717, 1.165) is 23.4 Å². The van der Waals surface area contributed by atoms with E-state index >= 15 is 0 Å². The van der Waals surface area contributed by atoms with Gasteiger partial charge in [-0.05, 0) is 67.4 Å². The summed E-state index contributed by atoms with van der Waals surface area (Å²) in [5.41, 5.74) is 5.19. The molecule has 2 aromatic heterocycles. The zero-order valence-corrected chi connectivity index (χ0v) is 19.0. The second-order valence-corrected chi connectivity index (χ2v) is 8.50. The molecule has 7 nitrogen and oxygen atoms in total. The Morgan fingerprint density at radius 1 is 1.12 bits per heavy atom. The van der Waals surface area contributed by atoms with Crippen molar-refractivity contribution in [3.63, 3.8) is 0 Å². The summed E-state index contributed by atoms with van der Waals surface area (Å²) >= 11 is 0. The summed E-state index contributed by atoms with van der Waals surface area (Å²) in [5, 5.41) is 6.34. The second-order valence-electron chi connectivity index (χ2n) is 8.50. The average Bonchev–Trinajstić information content (AvgIpc) is 2.85. The third kappa shape index (κ3) is 4.32. The van der Waals surface area contributed by atoms with E-state index in [9.17, 15) is 9.18 Å². The van der Waals surface area contributed by atoms with Gasteiger partial charge in [0.05, 0.1) is 11.2 Å². The Hall–Kier alpha value is -3.91. The minimum atomic E-state index is -0.467. The lowest BCUT2D eigenvalue weighted by atomic mass is 10.1. The highest BCUT2D eigenvalue weighted by Crippen LogP contribution is 2.28. The number of piperazine rings is 1. The summed E-state index contributed by atoms with van der Waals surface area (Å²) in [7, 11) is 0. The van der Waals surface area contributed by atoms with Gasteiger partial charge < -0.3 is 15.5 Å². The van der Waals surface area contributed by atoms with Crippen LogP contribution in [0.3, 0.4) is 0 Å². The number of amides is 1. The first kappa shape index (κ1) is 21.9. The van der Waals surface area contributed by atoms with Crippen molar-refractivity contribution in [3.05, 3.63) is 77.9 Å². The number of carbonyl (C=O) groups excluding carboxylic acids is 1. The summed E-state index contributed by atoms with van der Waals surface area (Å²) in [6.45, 7) is 5.52. The zero-order valence-electron chi connectivity index (χ0n) is 19.0. The van der Waals surface area contributed by atoms with Gasteiger partial charge in [-0.3, -0.25) is 4.79 Å². The number of carbonyl (C=O) groups is 1. The van der Waals surface area contributed by atoms with Crippen molar-refractivity contribution in [2.45, 2.75) is 19.9 Å². The molecule has 4 aromatic rings. The van der Waals surface area contributed by atoms with Gasteiger partial charge in [0.15, 0.2) is 5.82 Å². The summed E-state index contributed by atoms with van der Waals surface area (Å²) in [4.78, 5) is 29.0. The fourth-order valence-corrected chi connectivity index (χ4v) is 4.24. The van der Waals surface area contributed by atoms with Crippen molar-refractivity contribution in [2.75, 3.05) is 29.9 Å². The van der Waals surface area contributed by atoms with Crippen LogP contribution in [0.5, 0.6) is 0 Å². The first-order chi connectivity index (χ1) is 16.5. The van der Waals surface area contributed by atoms with Gasteiger partial charge in [0.25, 0.3) is 0 Å². The Kier molecular flexibility index (Phi) is 5.90. The van der Waals surface area contributed by atoms with Crippen molar-refractivity contribution < 1.29 is 9.18 Å². The van der Waals surface area contributed by atoms with Crippen LogP contribution >= 0.6 is 0 Å². The maximum absolute atomic E-state index is 13.8. The number of pyridine rings is 1. The fourth-order valence-electron chi connectivity index (χ4n) is 4.24. The molecule has 1 saturated heterocycles. The van der Waals surface area contributed by atoms with Gasteiger partial charge >= 0.3 is 0 Å². The van der Waals surface area contributed by atoms with E-state index in [1.54, 1.807) is 19.1 Å². The largest absolute Gasteiger partial charge is 0.340 e. The van der Waals surface area contributed by atoms with E-state index in [-0.39, 0.29) is 11.7 Å². The summed E-state index contributed by atoms with van der Waals surface area (Å²) in [6.07, 6.45) is 1.50.